The van der Waals surface area contributed by atoms with Crippen LogP contribution in [0.3, 0.4) is 0 Å². The number of hydrogen-bond acceptors (Lipinski definition) is 1. The maximum Gasteiger partial charge on any atom is 0.182 e. The van der Waals surface area contributed by atoms with Crippen molar-refractivity contribution in [2.45, 2.75) is 22.6 Å². The van der Waals surface area contributed by atoms with Crippen LogP contribution in [0.5, 0.6) is 0 Å². The van der Waals surface area contributed by atoms with Gasteiger partial charge in [0, 0.05) is 10.1 Å². The van der Waals surface area contributed by atoms with E-state index < -0.39 is 9.75 Å². The highest BCUT2D eigenvalue weighted by Crippen LogP contribution is 2.40. The number of carbonyl (C=O) groups excluding carboxylic acids is 1. The topological polar surface area (TPSA) is 17.1 Å². The van der Waals surface area contributed by atoms with E-state index in [1.165, 1.54) is 0 Å². The first-order chi connectivity index (χ1) is 8.36. The minimum absolute atomic E-state index is 0.258. The van der Waals surface area contributed by atoms with Crippen LogP contribution in [-0.2, 0) is 4.79 Å². The molecule has 0 aliphatic heterocycles. The van der Waals surface area contributed by atoms with Crippen molar-refractivity contribution in [1.82, 2.24) is 0 Å². The van der Waals surface area contributed by atoms with E-state index >= 15 is 0 Å². The average Bonchev–Trinajstić information content (AvgIpc) is 2.36. The maximum atomic E-state index is 12.5. The zero-order valence-corrected chi connectivity index (χ0v) is 12.3. The number of allylic oxidation sites excluding steroid dienone is 8. The Kier molecular flexibility index (Phi) is 3.99. The minimum Gasteiger partial charge on any atom is -0.295 e. The highest BCUT2D eigenvalue weighted by Gasteiger charge is 2.46. The minimum atomic E-state index is -1.14. The summed E-state index contributed by atoms with van der Waals surface area (Å²) in [6, 6.07) is 0. The van der Waals surface area contributed by atoms with Gasteiger partial charge in [0.2, 0.25) is 0 Å². The summed E-state index contributed by atoms with van der Waals surface area (Å²) in [4.78, 5) is 10.2. The Morgan fingerprint density at radius 2 is 1.33 bits per heavy atom. The van der Waals surface area contributed by atoms with Crippen molar-refractivity contribution < 1.29 is 4.79 Å². The van der Waals surface area contributed by atoms with Crippen molar-refractivity contribution in [3.05, 3.63) is 46.5 Å². The molecule has 0 aromatic carbocycles. The first kappa shape index (κ1) is 14.2. The van der Waals surface area contributed by atoms with Crippen LogP contribution in [0.25, 0.3) is 0 Å². The summed E-state index contributed by atoms with van der Waals surface area (Å²) in [5.41, 5.74) is 0. The van der Waals surface area contributed by atoms with Gasteiger partial charge in [0.1, 0.15) is 9.75 Å². The number of alkyl halides is 2. The Morgan fingerprint density at radius 1 is 0.944 bits per heavy atom. The SMILES string of the molecule is O=C(C1(Cl)C=CC(Cl)=CC1)C1(Cl)C=CC(Cl)=CC1. The van der Waals surface area contributed by atoms with E-state index in [9.17, 15) is 4.79 Å². The molecule has 0 aromatic heterocycles. The molecule has 18 heavy (non-hydrogen) atoms. The van der Waals surface area contributed by atoms with E-state index in [1.807, 2.05) is 0 Å². The van der Waals surface area contributed by atoms with Gasteiger partial charge in [-0.05, 0) is 25.0 Å². The highest BCUT2D eigenvalue weighted by molar-refractivity contribution is 6.47. The molecule has 0 bridgehead atoms. The van der Waals surface area contributed by atoms with Crippen molar-refractivity contribution >= 4 is 52.2 Å². The fourth-order valence-electron chi connectivity index (χ4n) is 1.87. The van der Waals surface area contributed by atoms with Crippen LogP contribution in [0, 0.1) is 0 Å². The molecule has 0 aromatic rings. The lowest BCUT2D eigenvalue weighted by molar-refractivity contribution is -0.121. The standard InChI is InChI=1S/C13H10Cl4O/c14-9-1-5-12(16,6-2-9)11(18)13(17)7-3-10(15)4-8-13/h1-5,7H,6,8H2. The summed E-state index contributed by atoms with van der Waals surface area (Å²) in [7, 11) is 0. The lowest BCUT2D eigenvalue weighted by atomic mass is 9.83. The van der Waals surface area contributed by atoms with Crippen LogP contribution in [-0.4, -0.2) is 15.5 Å². The number of rotatable bonds is 2. The first-order valence-electron chi connectivity index (χ1n) is 5.38. The van der Waals surface area contributed by atoms with E-state index in [2.05, 4.69) is 0 Å². The van der Waals surface area contributed by atoms with E-state index in [4.69, 9.17) is 46.4 Å². The predicted molar refractivity (Wildman–Crippen MR) is 77.6 cm³/mol. The summed E-state index contributed by atoms with van der Waals surface area (Å²) >= 11 is 24.3. The Labute approximate surface area is 126 Å². The van der Waals surface area contributed by atoms with Crippen molar-refractivity contribution in [3.8, 4) is 0 Å². The molecule has 0 spiro atoms. The highest BCUT2D eigenvalue weighted by atomic mass is 35.5. The number of hydrogen-bond donors (Lipinski definition) is 0. The van der Waals surface area contributed by atoms with Crippen LogP contribution in [0.1, 0.15) is 12.8 Å². The Bertz CT molecular complexity index is 459. The fraction of sp³-hybridized carbons (Fsp3) is 0.308. The van der Waals surface area contributed by atoms with Gasteiger partial charge in [-0.15, -0.1) is 23.2 Å². The smallest absolute Gasteiger partial charge is 0.182 e. The second-order valence-corrected chi connectivity index (χ2v) is 6.53. The van der Waals surface area contributed by atoms with Crippen LogP contribution < -0.4 is 0 Å². The van der Waals surface area contributed by atoms with E-state index in [-0.39, 0.29) is 5.78 Å². The molecule has 96 valence electrons. The van der Waals surface area contributed by atoms with Gasteiger partial charge in [-0.25, -0.2) is 0 Å². The molecular formula is C13H10Cl4O. The summed E-state index contributed by atoms with van der Waals surface area (Å²) in [6.45, 7) is 0. The molecule has 0 amide bonds. The molecular weight excluding hydrogens is 314 g/mol. The van der Waals surface area contributed by atoms with Crippen LogP contribution in [0.4, 0.5) is 0 Å². The zero-order valence-electron chi connectivity index (χ0n) is 9.30. The van der Waals surface area contributed by atoms with Gasteiger partial charge >= 0.3 is 0 Å². The number of halogens is 4. The van der Waals surface area contributed by atoms with Gasteiger partial charge in [-0.1, -0.05) is 47.5 Å². The van der Waals surface area contributed by atoms with Gasteiger partial charge in [0.15, 0.2) is 5.78 Å². The predicted octanol–water partition coefficient (Wildman–Crippen LogP) is 4.68. The molecule has 0 fully saturated rings. The first-order valence-corrected chi connectivity index (χ1v) is 6.89. The maximum absolute atomic E-state index is 12.5. The molecule has 0 saturated heterocycles. The molecule has 2 atom stereocenters. The van der Waals surface area contributed by atoms with Gasteiger partial charge in [0.25, 0.3) is 0 Å². The Balaban J connectivity index is 2.23. The molecule has 0 N–H and O–H groups in total. The number of ketones is 1. The van der Waals surface area contributed by atoms with Crippen molar-refractivity contribution in [2.24, 2.45) is 0 Å². The molecule has 2 rings (SSSR count). The third kappa shape index (κ3) is 2.70. The Morgan fingerprint density at radius 3 is 1.61 bits per heavy atom. The van der Waals surface area contributed by atoms with E-state index in [1.54, 1.807) is 36.5 Å². The molecule has 2 unspecified atom stereocenters. The molecule has 2 aliphatic rings. The van der Waals surface area contributed by atoms with E-state index in [0.717, 1.165) is 0 Å². The third-order valence-electron chi connectivity index (χ3n) is 2.96. The summed E-state index contributed by atoms with van der Waals surface area (Å²) in [5, 5.41) is 1.15. The molecule has 1 nitrogen and oxygen atoms in total. The largest absolute Gasteiger partial charge is 0.295 e. The second-order valence-electron chi connectivity index (χ2n) is 4.31. The number of Topliss-reactive ketones (excluding diaryl/α,β-unsaturated/α-hetero) is 1. The van der Waals surface area contributed by atoms with Gasteiger partial charge in [-0.2, -0.15) is 0 Å². The quantitative estimate of drug-likeness (QED) is 0.674. The molecule has 0 radical (unpaired) electrons. The van der Waals surface area contributed by atoms with E-state index in [0.29, 0.717) is 22.9 Å². The summed E-state index contributed by atoms with van der Waals surface area (Å²) in [6.07, 6.45) is 10.5. The lowest BCUT2D eigenvalue weighted by Gasteiger charge is -2.32. The van der Waals surface area contributed by atoms with Crippen LogP contribution >= 0.6 is 46.4 Å². The average molecular weight is 324 g/mol. The number of carbonyl (C=O) groups is 1. The van der Waals surface area contributed by atoms with Gasteiger partial charge < -0.3 is 0 Å². The normalized spacial score (nSPS) is 35.1. The van der Waals surface area contributed by atoms with Crippen LogP contribution in [0.2, 0.25) is 0 Å². The second kappa shape index (κ2) is 5.05. The van der Waals surface area contributed by atoms with Crippen LogP contribution in [0.15, 0.2) is 46.5 Å². The van der Waals surface area contributed by atoms with Crippen molar-refractivity contribution in [2.75, 3.05) is 0 Å². The summed E-state index contributed by atoms with van der Waals surface area (Å²) in [5.74, 6) is -0.258. The molecule has 0 heterocycles. The van der Waals surface area contributed by atoms with Crippen molar-refractivity contribution in [3.63, 3.8) is 0 Å². The molecule has 2 aliphatic carbocycles. The van der Waals surface area contributed by atoms with Crippen molar-refractivity contribution in [1.29, 1.82) is 0 Å². The zero-order chi connectivity index (χ0) is 13.4. The fourth-order valence-corrected chi connectivity index (χ4v) is 2.82. The summed E-state index contributed by atoms with van der Waals surface area (Å²) < 4.78 is 0. The lowest BCUT2D eigenvalue weighted by Crippen LogP contribution is -2.45. The monoisotopic (exact) mass is 322 g/mol. The Hall–Kier alpha value is -0.210. The van der Waals surface area contributed by atoms with Gasteiger partial charge in [0.05, 0.1) is 0 Å². The van der Waals surface area contributed by atoms with Gasteiger partial charge in [-0.3, -0.25) is 4.79 Å². The molecule has 0 saturated carbocycles. The third-order valence-corrected chi connectivity index (χ3v) is 4.42. The molecule has 5 heteroatoms.